The summed E-state index contributed by atoms with van der Waals surface area (Å²) in [5.41, 5.74) is 0.979. The van der Waals surface area contributed by atoms with Crippen molar-refractivity contribution in [3.63, 3.8) is 0 Å². The van der Waals surface area contributed by atoms with Crippen LogP contribution >= 0.6 is 11.8 Å². The highest BCUT2D eigenvalue weighted by Gasteiger charge is 2.31. The molecular weight excluding hydrogens is 330 g/mol. The lowest BCUT2D eigenvalue weighted by Gasteiger charge is -2.08. The first-order valence-corrected chi connectivity index (χ1v) is 8.85. The Morgan fingerprint density at radius 2 is 1.96 bits per heavy atom. The van der Waals surface area contributed by atoms with Crippen LogP contribution < -0.4 is 10.1 Å². The average Bonchev–Trinajstić information content (AvgIpc) is 2.86. The summed E-state index contributed by atoms with van der Waals surface area (Å²) in [4.78, 5) is 33.9. The number of carbonyl (C=O) groups excluding carboxylic acids is 3. The Bertz CT molecular complexity index is 587. The van der Waals surface area contributed by atoms with E-state index >= 15 is 0 Å². The number of esters is 1. The zero-order valence-corrected chi connectivity index (χ0v) is 14.4. The number of benzene rings is 1. The van der Waals surface area contributed by atoms with E-state index in [2.05, 4.69) is 5.32 Å². The van der Waals surface area contributed by atoms with Crippen LogP contribution in [0.4, 0.5) is 4.79 Å². The summed E-state index contributed by atoms with van der Waals surface area (Å²) in [6.07, 6.45) is 2.44. The van der Waals surface area contributed by atoms with Gasteiger partial charge in [0.05, 0.1) is 18.5 Å². The van der Waals surface area contributed by atoms with Gasteiger partial charge in [-0.3, -0.25) is 19.7 Å². The lowest BCUT2D eigenvalue weighted by atomic mass is 10.1. The van der Waals surface area contributed by atoms with E-state index in [-0.39, 0.29) is 22.4 Å². The third-order valence-corrected chi connectivity index (χ3v) is 4.44. The molecule has 0 aliphatic carbocycles. The molecule has 2 amide bonds. The fourth-order valence-electron chi connectivity index (χ4n) is 2.26. The molecule has 1 saturated heterocycles. The van der Waals surface area contributed by atoms with E-state index in [4.69, 9.17) is 9.47 Å². The predicted molar refractivity (Wildman–Crippen MR) is 91.0 cm³/mol. The molecule has 1 aromatic rings. The van der Waals surface area contributed by atoms with Crippen LogP contribution in [0.25, 0.3) is 0 Å². The maximum Gasteiger partial charge on any atom is 0.305 e. The maximum atomic E-state index is 11.5. The quantitative estimate of drug-likeness (QED) is 0.544. The van der Waals surface area contributed by atoms with Gasteiger partial charge < -0.3 is 9.47 Å². The largest absolute Gasteiger partial charge is 0.494 e. The van der Waals surface area contributed by atoms with E-state index < -0.39 is 0 Å². The van der Waals surface area contributed by atoms with Crippen LogP contribution in [0, 0.1) is 0 Å². The molecule has 0 saturated carbocycles. The number of ether oxygens (including phenoxy) is 2. The monoisotopic (exact) mass is 351 g/mol. The van der Waals surface area contributed by atoms with Gasteiger partial charge in [-0.2, -0.15) is 0 Å². The van der Waals surface area contributed by atoms with Crippen LogP contribution in [-0.4, -0.2) is 35.6 Å². The van der Waals surface area contributed by atoms with Gasteiger partial charge in [0.1, 0.15) is 5.75 Å². The second kappa shape index (κ2) is 9.32. The first kappa shape index (κ1) is 18.3. The summed E-state index contributed by atoms with van der Waals surface area (Å²) in [5.74, 6) is 0.343. The Hall–Kier alpha value is -2.02. The standard InChI is InChI=1S/C17H21NO5S/c1-2-22-15(19)5-3-4-10-23-13-8-6-12(7-9-13)11-14-16(20)18-17(21)24-14/h6-9,14H,2-5,10-11H2,1H3,(H,18,20,21). The van der Waals surface area contributed by atoms with E-state index in [0.717, 1.165) is 35.9 Å². The number of rotatable bonds is 9. The molecule has 1 aliphatic rings. The molecule has 2 rings (SSSR count). The van der Waals surface area contributed by atoms with Crippen molar-refractivity contribution in [2.45, 2.75) is 37.9 Å². The van der Waals surface area contributed by atoms with Gasteiger partial charge in [-0.25, -0.2) is 0 Å². The molecule has 0 radical (unpaired) electrons. The lowest BCUT2D eigenvalue weighted by Crippen LogP contribution is -2.25. The minimum atomic E-state index is -0.354. The number of nitrogens with one attached hydrogen (secondary N) is 1. The molecular formula is C17H21NO5S. The highest BCUT2D eigenvalue weighted by atomic mass is 32.2. The molecule has 24 heavy (non-hydrogen) atoms. The van der Waals surface area contributed by atoms with E-state index in [0.29, 0.717) is 26.1 Å². The summed E-state index contributed by atoms with van der Waals surface area (Å²) in [5, 5.41) is 1.64. The SMILES string of the molecule is CCOC(=O)CCCCOc1ccc(CC2SC(=O)NC2=O)cc1. The minimum absolute atomic E-state index is 0.172. The van der Waals surface area contributed by atoms with Gasteiger partial charge in [-0.1, -0.05) is 23.9 Å². The Morgan fingerprint density at radius 3 is 2.58 bits per heavy atom. The number of hydrogen-bond acceptors (Lipinski definition) is 6. The van der Waals surface area contributed by atoms with Crippen molar-refractivity contribution >= 4 is 28.9 Å². The fourth-order valence-corrected chi connectivity index (χ4v) is 3.12. The molecule has 1 unspecified atom stereocenters. The van der Waals surface area contributed by atoms with E-state index in [9.17, 15) is 14.4 Å². The molecule has 1 fully saturated rings. The first-order valence-electron chi connectivity index (χ1n) is 7.97. The second-order valence-electron chi connectivity index (χ2n) is 5.34. The zero-order valence-electron chi connectivity index (χ0n) is 13.6. The number of unbranched alkanes of at least 4 members (excludes halogenated alkanes) is 1. The topological polar surface area (TPSA) is 81.7 Å². The van der Waals surface area contributed by atoms with Crippen LogP contribution in [0.2, 0.25) is 0 Å². The number of thioether (sulfide) groups is 1. The molecule has 0 aromatic heterocycles. The molecule has 0 spiro atoms. The van der Waals surface area contributed by atoms with Gasteiger partial charge in [0.15, 0.2) is 0 Å². The molecule has 130 valence electrons. The third-order valence-electron chi connectivity index (χ3n) is 3.46. The number of hydrogen-bond donors (Lipinski definition) is 1. The predicted octanol–water partition coefficient (Wildman–Crippen LogP) is 2.69. The summed E-state index contributed by atoms with van der Waals surface area (Å²) < 4.78 is 10.5. The molecule has 0 bridgehead atoms. The summed E-state index contributed by atoms with van der Waals surface area (Å²) >= 11 is 1.03. The second-order valence-corrected chi connectivity index (χ2v) is 6.52. The van der Waals surface area contributed by atoms with Gasteiger partial charge >= 0.3 is 5.97 Å². The Balaban J connectivity index is 1.68. The van der Waals surface area contributed by atoms with Gasteiger partial charge in [-0.15, -0.1) is 0 Å². The van der Waals surface area contributed by atoms with Crippen molar-refractivity contribution in [3.05, 3.63) is 29.8 Å². The maximum absolute atomic E-state index is 11.5. The molecule has 6 nitrogen and oxygen atoms in total. The molecule has 1 heterocycles. The van der Waals surface area contributed by atoms with E-state index in [1.165, 1.54) is 0 Å². The Morgan fingerprint density at radius 1 is 1.21 bits per heavy atom. The summed E-state index contributed by atoms with van der Waals surface area (Å²) in [7, 11) is 0. The van der Waals surface area contributed by atoms with Crippen molar-refractivity contribution in [1.29, 1.82) is 0 Å². The number of amides is 2. The zero-order chi connectivity index (χ0) is 17.4. The first-order chi connectivity index (χ1) is 11.6. The van der Waals surface area contributed by atoms with Gasteiger partial charge in [0.25, 0.3) is 5.24 Å². The van der Waals surface area contributed by atoms with Crippen LogP contribution in [0.1, 0.15) is 31.7 Å². The third kappa shape index (κ3) is 5.88. The number of imide groups is 1. The van der Waals surface area contributed by atoms with Crippen molar-refractivity contribution in [1.82, 2.24) is 5.32 Å². The van der Waals surface area contributed by atoms with Crippen molar-refractivity contribution in [2.75, 3.05) is 13.2 Å². The van der Waals surface area contributed by atoms with E-state index in [1.54, 1.807) is 6.92 Å². The van der Waals surface area contributed by atoms with Crippen molar-refractivity contribution < 1.29 is 23.9 Å². The van der Waals surface area contributed by atoms with Crippen LogP contribution in [0.15, 0.2) is 24.3 Å². The smallest absolute Gasteiger partial charge is 0.305 e. The average molecular weight is 351 g/mol. The van der Waals surface area contributed by atoms with Gasteiger partial charge in [0.2, 0.25) is 5.91 Å². The number of carbonyl (C=O) groups is 3. The van der Waals surface area contributed by atoms with Gasteiger partial charge in [-0.05, 0) is 43.9 Å². The molecule has 1 atom stereocenters. The lowest BCUT2D eigenvalue weighted by molar-refractivity contribution is -0.143. The highest BCUT2D eigenvalue weighted by Crippen LogP contribution is 2.23. The fraction of sp³-hybridized carbons (Fsp3) is 0.471. The van der Waals surface area contributed by atoms with Crippen LogP contribution in [-0.2, 0) is 20.7 Å². The highest BCUT2D eigenvalue weighted by molar-refractivity contribution is 8.15. The molecule has 1 aliphatic heterocycles. The Kier molecular flexibility index (Phi) is 7.11. The minimum Gasteiger partial charge on any atom is -0.494 e. The normalized spacial score (nSPS) is 16.8. The van der Waals surface area contributed by atoms with Crippen molar-refractivity contribution in [3.8, 4) is 5.75 Å². The van der Waals surface area contributed by atoms with Crippen molar-refractivity contribution in [2.24, 2.45) is 0 Å². The van der Waals surface area contributed by atoms with Gasteiger partial charge in [0, 0.05) is 6.42 Å². The Labute approximate surface area is 145 Å². The molecule has 1 N–H and O–H groups in total. The molecule has 7 heteroatoms. The summed E-state index contributed by atoms with van der Waals surface area (Å²) in [6, 6.07) is 7.48. The van der Waals surface area contributed by atoms with E-state index in [1.807, 2.05) is 24.3 Å². The van der Waals surface area contributed by atoms with Crippen LogP contribution in [0.3, 0.4) is 0 Å². The van der Waals surface area contributed by atoms with Crippen LogP contribution in [0.5, 0.6) is 5.75 Å². The molecule has 1 aromatic carbocycles. The summed E-state index contributed by atoms with van der Waals surface area (Å²) in [6.45, 7) is 2.74.